The molecular formula is C10H11NO2S. The van der Waals surface area contributed by atoms with E-state index < -0.39 is 0 Å². The molecule has 1 aromatic carbocycles. The fourth-order valence-corrected chi connectivity index (χ4v) is 1.27. The quantitative estimate of drug-likeness (QED) is 0.446. The number of carbonyl (C=O) groups excluding carboxylic acids is 2. The van der Waals surface area contributed by atoms with Crippen LogP contribution in [0.2, 0.25) is 0 Å². The lowest BCUT2D eigenvalue weighted by Crippen LogP contribution is -2.24. The van der Waals surface area contributed by atoms with Crippen LogP contribution >= 0.6 is 12.6 Å². The van der Waals surface area contributed by atoms with Gasteiger partial charge in [0.1, 0.15) is 6.29 Å². The molecule has 14 heavy (non-hydrogen) atoms. The van der Waals surface area contributed by atoms with Crippen molar-refractivity contribution >= 4 is 24.8 Å². The van der Waals surface area contributed by atoms with Gasteiger partial charge in [0.2, 0.25) is 0 Å². The molecule has 0 aliphatic rings. The van der Waals surface area contributed by atoms with Gasteiger partial charge in [-0.1, -0.05) is 12.1 Å². The Morgan fingerprint density at radius 3 is 2.79 bits per heavy atom. The molecule has 1 rings (SSSR count). The standard InChI is InChI=1S/C10H11NO2S/c12-7-3-6-11-10(13)8-4-1-2-5-9(8)14/h1-2,4-5,7,14H,3,6H2,(H,11,13). The van der Waals surface area contributed by atoms with E-state index in [1.54, 1.807) is 18.2 Å². The molecule has 74 valence electrons. The largest absolute Gasteiger partial charge is 0.352 e. The van der Waals surface area contributed by atoms with Gasteiger partial charge in [0, 0.05) is 17.9 Å². The Bertz CT molecular complexity index is 339. The van der Waals surface area contributed by atoms with Crippen molar-refractivity contribution in [1.82, 2.24) is 5.32 Å². The molecule has 1 N–H and O–H groups in total. The van der Waals surface area contributed by atoms with Crippen LogP contribution in [0, 0.1) is 0 Å². The highest BCUT2D eigenvalue weighted by Gasteiger charge is 2.06. The SMILES string of the molecule is O=CCCNC(=O)c1ccccc1S. The predicted molar refractivity (Wildman–Crippen MR) is 56.7 cm³/mol. The molecule has 0 atom stereocenters. The minimum atomic E-state index is -0.197. The number of aldehydes is 1. The first-order valence-corrected chi connectivity index (χ1v) is 4.70. The zero-order chi connectivity index (χ0) is 10.4. The summed E-state index contributed by atoms with van der Waals surface area (Å²) >= 11 is 4.15. The number of amides is 1. The fraction of sp³-hybridized carbons (Fsp3) is 0.200. The van der Waals surface area contributed by atoms with Crippen molar-refractivity contribution in [2.45, 2.75) is 11.3 Å². The van der Waals surface area contributed by atoms with E-state index in [2.05, 4.69) is 17.9 Å². The Hall–Kier alpha value is -1.29. The molecule has 0 aromatic heterocycles. The van der Waals surface area contributed by atoms with Crippen LogP contribution in [-0.4, -0.2) is 18.7 Å². The third-order valence-corrected chi connectivity index (χ3v) is 2.09. The zero-order valence-corrected chi connectivity index (χ0v) is 8.46. The summed E-state index contributed by atoms with van der Waals surface area (Å²) in [5.74, 6) is -0.197. The van der Waals surface area contributed by atoms with Crippen molar-refractivity contribution in [3.8, 4) is 0 Å². The molecule has 0 aliphatic carbocycles. The Morgan fingerprint density at radius 2 is 2.14 bits per heavy atom. The first kappa shape index (κ1) is 10.8. The van der Waals surface area contributed by atoms with Gasteiger partial charge < -0.3 is 10.1 Å². The Balaban J connectivity index is 2.60. The van der Waals surface area contributed by atoms with Crippen molar-refractivity contribution in [3.05, 3.63) is 29.8 Å². The van der Waals surface area contributed by atoms with Crippen molar-refractivity contribution in [1.29, 1.82) is 0 Å². The molecule has 3 nitrogen and oxygen atoms in total. The molecule has 1 amide bonds. The second kappa shape index (κ2) is 5.44. The van der Waals surface area contributed by atoms with Crippen LogP contribution in [0.4, 0.5) is 0 Å². The highest BCUT2D eigenvalue weighted by Crippen LogP contribution is 2.12. The first-order valence-electron chi connectivity index (χ1n) is 4.25. The van der Waals surface area contributed by atoms with Gasteiger partial charge in [0.15, 0.2) is 0 Å². The van der Waals surface area contributed by atoms with E-state index in [-0.39, 0.29) is 5.91 Å². The molecule has 4 heteroatoms. The van der Waals surface area contributed by atoms with Crippen LogP contribution in [0.3, 0.4) is 0 Å². The predicted octanol–water partition coefficient (Wildman–Crippen LogP) is 1.29. The van der Waals surface area contributed by atoms with Gasteiger partial charge in [-0.25, -0.2) is 0 Å². The summed E-state index contributed by atoms with van der Waals surface area (Å²) in [7, 11) is 0. The maximum Gasteiger partial charge on any atom is 0.252 e. The smallest absolute Gasteiger partial charge is 0.252 e. The van der Waals surface area contributed by atoms with Gasteiger partial charge in [-0.05, 0) is 12.1 Å². The molecule has 0 unspecified atom stereocenters. The summed E-state index contributed by atoms with van der Waals surface area (Å²) in [5.41, 5.74) is 0.529. The van der Waals surface area contributed by atoms with Crippen molar-refractivity contribution in [2.75, 3.05) is 6.54 Å². The first-order chi connectivity index (χ1) is 6.75. The summed E-state index contributed by atoms with van der Waals surface area (Å²) in [4.78, 5) is 22.1. The third-order valence-electron chi connectivity index (χ3n) is 1.70. The van der Waals surface area contributed by atoms with Gasteiger partial charge in [0.05, 0.1) is 5.56 Å². The van der Waals surface area contributed by atoms with Crippen LogP contribution in [-0.2, 0) is 4.79 Å². The molecule has 0 saturated heterocycles. The minimum Gasteiger partial charge on any atom is -0.352 e. The van der Waals surface area contributed by atoms with Gasteiger partial charge >= 0.3 is 0 Å². The summed E-state index contributed by atoms with van der Waals surface area (Å²) in [6.45, 7) is 0.366. The number of hydrogen-bond acceptors (Lipinski definition) is 3. The second-order valence-corrected chi connectivity index (χ2v) is 3.21. The van der Waals surface area contributed by atoms with E-state index in [4.69, 9.17) is 0 Å². The maximum atomic E-state index is 11.5. The summed E-state index contributed by atoms with van der Waals surface area (Å²) < 4.78 is 0. The highest BCUT2D eigenvalue weighted by molar-refractivity contribution is 7.80. The van der Waals surface area contributed by atoms with E-state index >= 15 is 0 Å². The summed E-state index contributed by atoms with van der Waals surface area (Å²) in [6, 6.07) is 7.02. The molecule has 0 fully saturated rings. The topological polar surface area (TPSA) is 46.2 Å². The van der Waals surface area contributed by atoms with E-state index in [1.165, 1.54) is 0 Å². The van der Waals surface area contributed by atoms with Gasteiger partial charge in [-0.15, -0.1) is 12.6 Å². The van der Waals surface area contributed by atoms with Crippen LogP contribution in [0.15, 0.2) is 29.2 Å². The van der Waals surface area contributed by atoms with Gasteiger partial charge in [0.25, 0.3) is 5.91 Å². The molecule has 0 saturated carbocycles. The summed E-state index contributed by atoms with van der Waals surface area (Å²) in [6.07, 6.45) is 1.10. The fourth-order valence-electron chi connectivity index (χ4n) is 1.01. The number of hydrogen-bond donors (Lipinski definition) is 2. The highest BCUT2D eigenvalue weighted by atomic mass is 32.1. The molecule has 1 aromatic rings. The number of nitrogens with one attached hydrogen (secondary N) is 1. The van der Waals surface area contributed by atoms with E-state index in [0.717, 1.165) is 6.29 Å². The molecule has 0 spiro atoms. The third kappa shape index (κ3) is 2.88. The number of thiol groups is 1. The van der Waals surface area contributed by atoms with Gasteiger partial charge in [-0.3, -0.25) is 4.79 Å². The minimum absolute atomic E-state index is 0.197. The number of carbonyl (C=O) groups is 2. The van der Waals surface area contributed by atoms with Crippen LogP contribution in [0.1, 0.15) is 16.8 Å². The molecule has 0 bridgehead atoms. The summed E-state index contributed by atoms with van der Waals surface area (Å²) in [5, 5.41) is 2.62. The molecule has 0 heterocycles. The molecule has 0 aliphatic heterocycles. The molecule has 0 radical (unpaired) electrons. The van der Waals surface area contributed by atoms with E-state index in [9.17, 15) is 9.59 Å². The Labute approximate surface area is 87.9 Å². The number of benzene rings is 1. The average Bonchev–Trinajstić information content (AvgIpc) is 2.18. The Morgan fingerprint density at radius 1 is 1.43 bits per heavy atom. The van der Waals surface area contributed by atoms with Gasteiger partial charge in [-0.2, -0.15) is 0 Å². The van der Waals surface area contributed by atoms with Crippen molar-refractivity contribution < 1.29 is 9.59 Å². The van der Waals surface area contributed by atoms with Crippen LogP contribution in [0.25, 0.3) is 0 Å². The van der Waals surface area contributed by atoms with E-state index in [1.807, 2.05) is 6.07 Å². The van der Waals surface area contributed by atoms with E-state index in [0.29, 0.717) is 23.4 Å². The molecular weight excluding hydrogens is 198 g/mol. The van der Waals surface area contributed by atoms with Crippen LogP contribution in [0.5, 0.6) is 0 Å². The van der Waals surface area contributed by atoms with Crippen molar-refractivity contribution in [2.24, 2.45) is 0 Å². The van der Waals surface area contributed by atoms with Crippen molar-refractivity contribution in [3.63, 3.8) is 0 Å². The monoisotopic (exact) mass is 209 g/mol. The Kier molecular flexibility index (Phi) is 4.19. The lowest BCUT2D eigenvalue weighted by Gasteiger charge is -2.04. The number of rotatable bonds is 4. The maximum absolute atomic E-state index is 11.5. The lowest BCUT2D eigenvalue weighted by molar-refractivity contribution is -0.107. The normalized spacial score (nSPS) is 9.50. The van der Waals surface area contributed by atoms with Crippen LogP contribution < -0.4 is 5.32 Å². The zero-order valence-electron chi connectivity index (χ0n) is 7.56. The lowest BCUT2D eigenvalue weighted by atomic mass is 10.2. The second-order valence-electron chi connectivity index (χ2n) is 2.73. The average molecular weight is 209 g/mol.